The summed E-state index contributed by atoms with van der Waals surface area (Å²) < 4.78 is 18.4. The average Bonchev–Trinajstić information content (AvgIpc) is 2.29. The molecule has 1 aromatic carbocycles. The summed E-state index contributed by atoms with van der Waals surface area (Å²) in [5.41, 5.74) is 0.538. The number of carbonyl (C=O) groups is 1. The van der Waals surface area contributed by atoms with E-state index in [9.17, 15) is 9.18 Å². The molecule has 1 amide bonds. The smallest absolute Gasteiger partial charge is 0.241 e. The van der Waals surface area contributed by atoms with Crippen LogP contribution in [0.5, 0.6) is 5.75 Å². The van der Waals surface area contributed by atoms with Crippen LogP contribution in [-0.2, 0) is 4.79 Å². The molecule has 0 aromatic heterocycles. The van der Waals surface area contributed by atoms with Crippen molar-refractivity contribution in [1.29, 1.82) is 0 Å². The van der Waals surface area contributed by atoms with E-state index >= 15 is 0 Å². The molecule has 0 radical (unpaired) electrons. The van der Waals surface area contributed by atoms with Crippen LogP contribution in [0.25, 0.3) is 0 Å². The lowest BCUT2D eigenvalue weighted by atomic mass is 10.2. The maximum absolute atomic E-state index is 13.6. The van der Waals surface area contributed by atoms with E-state index in [1.807, 2.05) is 7.05 Å². The summed E-state index contributed by atoms with van der Waals surface area (Å²) in [6.07, 6.45) is 1.34. The average molecular weight is 238 g/mol. The summed E-state index contributed by atoms with van der Waals surface area (Å²) in [4.78, 5) is 11.8. The normalized spacial score (nSPS) is 17.4. The number of methoxy groups -OCH3 is 1. The van der Waals surface area contributed by atoms with Crippen LogP contribution in [-0.4, -0.2) is 31.6 Å². The van der Waals surface area contributed by atoms with Gasteiger partial charge in [0.05, 0.1) is 12.8 Å². The minimum atomic E-state index is -0.461. The van der Waals surface area contributed by atoms with Crippen molar-refractivity contribution >= 4 is 11.6 Å². The second kappa shape index (κ2) is 4.71. The monoisotopic (exact) mass is 238 g/mol. The highest BCUT2D eigenvalue weighted by molar-refractivity contribution is 5.93. The maximum atomic E-state index is 13.6. The minimum absolute atomic E-state index is 0.0108. The summed E-state index contributed by atoms with van der Waals surface area (Å²) in [5, 5.41) is 3.30. The molecule has 2 rings (SSSR count). The third-order valence-corrected chi connectivity index (χ3v) is 2.83. The fourth-order valence-corrected chi connectivity index (χ4v) is 1.98. The zero-order chi connectivity index (χ0) is 12.4. The van der Waals surface area contributed by atoms with Crippen LogP contribution in [0, 0.1) is 5.82 Å². The summed E-state index contributed by atoms with van der Waals surface area (Å²) in [6, 6.07) is 4.53. The first-order valence-electron chi connectivity index (χ1n) is 5.51. The molecule has 0 spiro atoms. The number of anilines is 1. The lowest BCUT2D eigenvalue weighted by molar-refractivity contribution is -0.123. The van der Waals surface area contributed by atoms with Gasteiger partial charge >= 0.3 is 0 Å². The van der Waals surface area contributed by atoms with E-state index in [1.54, 1.807) is 11.1 Å². The molecule has 0 aliphatic carbocycles. The Bertz CT molecular complexity index is 437. The Morgan fingerprint density at radius 2 is 2.18 bits per heavy atom. The molecule has 1 aromatic rings. The van der Waals surface area contributed by atoms with Crippen LogP contribution in [0.2, 0.25) is 0 Å². The largest absolute Gasteiger partial charge is 0.494 e. The quantitative estimate of drug-likeness (QED) is 0.787. The minimum Gasteiger partial charge on any atom is -0.494 e. The van der Waals surface area contributed by atoms with Gasteiger partial charge in [0, 0.05) is 26.1 Å². The molecule has 0 N–H and O–H groups in total. The Labute approximate surface area is 99.5 Å². The first-order valence-corrected chi connectivity index (χ1v) is 5.51. The van der Waals surface area contributed by atoms with E-state index in [0.29, 0.717) is 12.1 Å². The van der Waals surface area contributed by atoms with Gasteiger partial charge in [0.1, 0.15) is 0 Å². The van der Waals surface area contributed by atoms with Gasteiger partial charge in [-0.05, 0) is 18.6 Å². The molecule has 5 heteroatoms. The number of nitrogens with zero attached hydrogens (tertiary/aromatic N) is 2. The molecule has 4 nitrogen and oxygen atoms in total. The zero-order valence-electron chi connectivity index (χ0n) is 9.94. The topological polar surface area (TPSA) is 32.8 Å². The lowest BCUT2D eigenvalue weighted by Crippen LogP contribution is -2.48. The molecule has 0 saturated carbocycles. The van der Waals surface area contributed by atoms with Gasteiger partial charge in [-0.25, -0.2) is 14.4 Å². The van der Waals surface area contributed by atoms with Crippen molar-refractivity contribution in [3.05, 3.63) is 24.0 Å². The highest BCUT2D eigenvalue weighted by Crippen LogP contribution is 2.26. The highest BCUT2D eigenvalue weighted by atomic mass is 19.1. The third kappa shape index (κ3) is 2.24. The predicted octanol–water partition coefficient (Wildman–Crippen LogP) is 1.81. The SMILES string of the molecule is COc1ccc(N2C(=O)CCCN2C)cc1F. The Hall–Kier alpha value is -1.62. The summed E-state index contributed by atoms with van der Waals surface area (Å²) in [6.45, 7) is 0.791. The highest BCUT2D eigenvalue weighted by Gasteiger charge is 2.25. The third-order valence-electron chi connectivity index (χ3n) is 2.83. The first kappa shape index (κ1) is 11.9. The van der Waals surface area contributed by atoms with Gasteiger partial charge in [0.15, 0.2) is 11.6 Å². The lowest BCUT2D eigenvalue weighted by Gasteiger charge is -2.35. The standard InChI is InChI=1S/C12H15FN2O2/c1-14-7-3-4-12(16)15(14)9-5-6-11(17-2)10(13)8-9/h5-6,8H,3-4,7H2,1-2H3. The molecule has 92 valence electrons. The van der Waals surface area contributed by atoms with E-state index in [1.165, 1.54) is 24.3 Å². The van der Waals surface area contributed by atoms with E-state index in [-0.39, 0.29) is 11.7 Å². The van der Waals surface area contributed by atoms with Gasteiger partial charge in [-0.1, -0.05) is 0 Å². The molecule has 1 aliphatic rings. The van der Waals surface area contributed by atoms with Gasteiger partial charge in [0.25, 0.3) is 0 Å². The molecule has 1 saturated heterocycles. The number of hydrogen-bond acceptors (Lipinski definition) is 3. The number of benzene rings is 1. The van der Waals surface area contributed by atoms with Crippen molar-refractivity contribution < 1.29 is 13.9 Å². The molecule has 0 bridgehead atoms. The Morgan fingerprint density at radius 3 is 2.76 bits per heavy atom. The summed E-state index contributed by atoms with van der Waals surface area (Å²) in [5.74, 6) is -0.291. The van der Waals surface area contributed by atoms with Crippen molar-refractivity contribution in [3.63, 3.8) is 0 Å². The molecule has 0 unspecified atom stereocenters. The molecule has 1 aliphatic heterocycles. The molecule has 17 heavy (non-hydrogen) atoms. The van der Waals surface area contributed by atoms with E-state index in [4.69, 9.17) is 4.74 Å². The first-order chi connectivity index (χ1) is 8.13. The van der Waals surface area contributed by atoms with Gasteiger partial charge in [-0.15, -0.1) is 0 Å². The molecule has 1 heterocycles. The fourth-order valence-electron chi connectivity index (χ4n) is 1.98. The van der Waals surface area contributed by atoms with Crippen molar-refractivity contribution in [3.8, 4) is 5.75 Å². The van der Waals surface area contributed by atoms with Crippen molar-refractivity contribution in [2.45, 2.75) is 12.8 Å². The molecular formula is C12H15FN2O2. The van der Waals surface area contributed by atoms with Crippen LogP contribution in [0.4, 0.5) is 10.1 Å². The number of carbonyl (C=O) groups excluding carboxylic acids is 1. The van der Waals surface area contributed by atoms with Crippen LogP contribution in [0.15, 0.2) is 18.2 Å². The van der Waals surface area contributed by atoms with E-state index < -0.39 is 5.82 Å². The number of rotatable bonds is 2. The Morgan fingerprint density at radius 1 is 1.41 bits per heavy atom. The van der Waals surface area contributed by atoms with Crippen LogP contribution < -0.4 is 9.75 Å². The Balaban J connectivity index is 2.32. The second-order valence-electron chi connectivity index (χ2n) is 4.01. The maximum Gasteiger partial charge on any atom is 0.241 e. The van der Waals surface area contributed by atoms with Crippen LogP contribution in [0.1, 0.15) is 12.8 Å². The second-order valence-corrected chi connectivity index (χ2v) is 4.01. The Kier molecular flexibility index (Phi) is 3.28. The molecule has 0 atom stereocenters. The summed E-state index contributed by atoms with van der Waals surface area (Å²) in [7, 11) is 3.23. The van der Waals surface area contributed by atoms with E-state index in [0.717, 1.165) is 13.0 Å². The van der Waals surface area contributed by atoms with Gasteiger partial charge in [0.2, 0.25) is 5.91 Å². The number of hydrogen-bond donors (Lipinski definition) is 0. The molecular weight excluding hydrogens is 223 g/mol. The van der Waals surface area contributed by atoms with Crippen molar-refractivity contribution in [2.75, 3.05) is 25.7 Å². The molecule has 1 fully saturated rings. The van der Waals surface area contributed by atoms with Gasteiger partial charge < -0.3 is 4.74 Å². The van der Waals surface area contributed by atoms with Crippen molar-refractivity contribution in [1.82, 2.24) is 5.01 Å². The number of ether oxygens (including phenoxy) is 1. The predicted molar refractivity (Wildman–Crippen MR) is 62.3 cm³/mol. The number of amides is 1. The van der Waals surface area contributed by atoms with Crippen LogP contribution in [0.3, 0.4) is 0 Å². The zero-order valence-corrected chi connectivity index (χ0v) is 9.94. The van der Waals surface area contributed by atoms with Gasteiger partial charge in [-0.2, -0.15) is 0 Å². The fraction of sp³-hybridized carbons (Fsp3) is 0.417. The number of halogens is 1. The van der Waals surface area contributed by atoms with Crippen LogP contribution >= 0.6 is 0 Å². The summed E-state index contributed by atoms with van der Waals surface area (Å²) >= 11 is 0. The number of hydrazine groups is 1. The van der Waals surface area contributed by atoms with Gasteiger partial charge in [-0.3, -0.25) is 4.79 Å². The van der Waals surface area contributed by atoms with E-state index in [2.05, 4.69) is 0 Å². The van der Waals surface area contributed by atoms with Crippen molar-refractivity contribution in [2.24, 2.45) is 0 Å².